The Hall–Kier alpha value is -0.690. The zero-order valence-electron chi connectivity index (χ0n) is 9.18. The summed E-state index contributed by atoms with van der Waals surface area (Å²) in [4.78, 5) is 1.26. The molecule has 1 aromatic rings. The summed E-state index contributed by atoms with van der Waals surface area (Å²) >= 11 is 5.71. The van der Waals surface area contributed by atoms with Gasteiger partial charge in [0.2, 0.25) is 0 Å². The second-order valence-electron chi connectivity index (χ2n) is 5.09. The van der Waals surface area contributed by atoms with Gasteiger partial charge in [-0.05, 0) is 42.9 Å². The van der Waals surface area contributed by atoms with E-state index >= 15 is 0 Å². The molecule has 0 unspecified atom stereocenters. The van der Waals surface area contributed by atoms with Gasteiger partial charge >= 0.3 is 0 Å². The zero-order chi connectivity index (χ0) is 10.5. The summed E-state index contributed by atoms with van der Waals surface area (Å²) in [5, 5.41) is 0. The van der Waals surface area contributed by atoms with E-state index in [0.717, 1.165) is 0 Å². The van der Waals surface area contributed by atoms with E-state index in [1.807, 2.05) is 0 Å². The minimum absolute atomic E-state index is 0.379. The third kappa shape index (κ3) is 1.22. The Labute approximate surface area is 96.7 Å². The van der Waals surface area contributed by atoms with Crippen LogP contribution in [0.25, 0.3) is 0 Å². The van der Waals surface area contributed by atoms with Gasteiger partial charge in [0.05, 0.1) is 0 Å². The molecule has 3 rings (SSSR count). The maximum absolute atomic E-state index is 5.71. The number of benzene rings is 1. The molecule has 0 N–H and O–H groups in total. The lowest BCUT2D eigenvalue weighted by atomic mass is 9.83. The Morgan fingerprint density at radius 3 is 2.60 bits per heavy atom. The molecule has 1 heteroatoms. The lowest BCUT2D eigenvalue weighted by Crippen LogP contribution is -2.22. The molecule has 2 aliphatic rings. The Kier molecular flexibility index (Phi) is 2.00. The van der Waals surface area contributed by atoms with Crippen molar-refractivity contribution in [2.24, 2.45) is 5.41 Å². The molecule has 1 spiro atoms. The van der Waals surface area contributed by atoms with Gasteiger partial charge < -0.3 is 0 Å². The highest BCUT2D eigenvalue weighted by molar-refractivity contribution is 7.81. The van der Waals surface area contributed by atoms with Crippen molar-refractivity contribution >= 4 is 17.1 Å². The van der Waals surface area contributed by atoms with Gasteiger partial charge in [-0.15, -0.1) is 0 Å². The summed E-state index contributed by atoms with van der Waals surface area (Å²) in [5.74, 6) is 0. The normalized spacial score (nSPS) is 22.3. The SMILES string of the molecule is Cc1cccc2c1CC1(CCCC1)C2=S. The molecule has 0 radical (unpaired) electrons. The van der Waals surface area contributed by atoms with Crippen molar-refractivity contribution < 1.29 is 0 Å². The van der Waals surface area contributed by atoms with Gasteiger partial charge in [0.15, 0.2) is 0 Å². The summed E-state index contributed by atoms with van der Waals surface area (Å²) in [6.45, 7) is 2.22. The fraction of sp³-hybridized carbons (Fsp3) is 0.500. The first kappa shape index (κ1) is 9.53. The van der Waals surface area contributed by atoms with Crippen molar-refractivity contribution in [3.05, 3.63) is 34.9 Å². The Morgan fingerprint density at radius 1 is 1.20 bits per heavy atom. The van der Waals surface area contributed by atoms with Crippen LogP contribution >= 0.6 is 12.2 Å². The molecule has 78 valence electrons. The van der Waals surface area contributed by atoms with E-state index in [1.54, 1.807) is 0 Å². The predicted molar refractivity (Wildman–Crippen MR) is 67.5 cm³/mol. The molecule has 0 heterocycles. The van der Waals surface area contributed by atoms with E-state index in [0.29, 0.717) is 5.41 Å². The third-order valence-corrected chi connectivity index (χ3v) is 4.87. The fourth-order valence-corrected chi connectivity index (χ4v) is 3.78. The highest BCUT2D eigenvalue weighted by Gasteiger charge is 2.44. The standard InChI is InChI=1S/C14H16S/c1-10-5-4-6-11-12(10)9-14(13(11)15)7-2-3-8-14/h4-6H,2-3,7-9H2,1H3. The monoisotopic (exact) mass is 216 g/mol. The van der Waals surface area contributed by atoms with Crippen molar-refractivity contribution in [2.45, 2.75) is 39.0 Å². The molecule has 1 saturated carbocycles. The molecule has 2 aliphatic carbocycles. The maximum Gasteiger partial charge on any atom is 0.0292 e. The predicted octanol–water partition coefficient (Wildman–Crippen LogP) is 3.83. The average molecular weight is 216 g/mol. The minimum Gasteiger partial charge on any atom is -0.0836 e. The number of aryl methyl sites for hydroxylation is 1. The average Bonchev–Trinajstić information content (AvgIpc) is 2.79. The first-order valence-corrected chi connectivity index (χ1v) is 6.27. The van der Waals surface area contributed by atoms with Gasteiger partial charge in [0, 0.05) is 10.3 Å². The van der Waals surface area contributed by atoms with Crippen LogP contribution in [0.4, 0.5) is 0 Å². The minimum atomic E-state index is 0.379. The van der Waals surface area contributed by atoms with Gasteiger partial charge in [-0.2, -0.15) is 0 Å². The number of fused-ring (bicyclic) bond motifs is 1. The Bertz CT molecular complexity index is 425. The summed E-state index contributed by atoms with van der Waals surface area (Å²) in [6.07, 6.45) is 6.59. The zero-order valence-corrected chi connectivity index (χ0v) is 9.99. The molecule has 0 aromatic heterocycles. The van der Waals surface area contributed by atoms with Crippen molar-refractivity contribution in [1.82, 2.24) is 0 Å². The Morgan fingerprint density at radius 2 is 1.93 bits per heavy atom. The topological polar surface area (TPSA) is 0 Å². The molecule has 0 saturated heterocycles. The van der Waals surface area contributed by atoms with Crippen LogP contribution in [0.1, 0.15) is 42.4 Å². The molecule has 0 nitrogen and oxygen atoms in total. The van der Waals surface area contributed by atoms with E-state index in [2.05, 4.69) is 25.1 Å². The highest BCUT2D eigenvalue weighted by Crippen LogP contribution is 2.49. The van der Waals surface area contributed by atoms with Crippen LogP contribution < -0.4 is 0 Å². The smallest absolute Gasteiger partial charge is 0.0292 e. The number of hydrogen-bond acceptors (Lipinski definition) is 1. The van der Waals surface area contributed by atoms with E-state index in [9.17, 15) is 0 Å². The van der Waals surface area contributed by atoms with Gasteiger partial charge in [0.1, 0.15) is 0 Å². The van der Waals surface area contributed by atoms with Crippen molar-refractivity contribution in [1.29, 1.82) is 0 Å². The number of thiocarbonyl (C=S) groups is 1. The van der Waals surface area contributed by atoms with Crippen LogP contribution in [0.15, 0.2) is 18.2 Å². The lowest BCUT2D eigenvalue weighted by Gasteiger charge is -2.22. The number of rotatable bonds is 0. The van der Waals surface area contributed by atoms with Gasteiger partial charge in [-0.25, -0.2) is 0 Å². The second-order valence-corrected chi connectivity index (χ2v) is 5.50. The van der Waals surface area contributed by atoms with Crippen LogP contribution in [0.3, 0.4) is 0 Å². The van der Waals surface area contributed by atoms with E-state index < -0.39 is 0 Å². The van der Waals surface area contributed by atoms with Crippen molar-refractivity contribution in [3.8, 4) is 0 Å². The first-order chi connectivity index (χ1) is 7.23. The molecule has 1 aromatic carbocycles. The van der Waals surface area contributed by atoms with Crippen molar-refractivity contribution in [2.75, 3.05) is 0 Å². The van der Waals surface area contributed by atoms with Crippen molar-refractivity contribution in [3.63, 3.8) is 0 Å². The summed E-state index contributed by atoms with van der Waals surface area (Å²) in [5.41, 5.74) is 4.72. The molecule has 0 bridgehead atoms. The summed E-state index contributed by atoms with van der Waals surface area (Å²) < 4.78 is 0. The van der Waals surface area contributed by atoms with Crippen LogP contribution in [0.5, 0.6) is 0 Å². The summed E-state index contributed by atoms with van der Waals surface area (Å²) in [6, 6.07) is 6.58. The fourth-order valence-electron chi connectivity index (χ4n) is 3.31. The third-order valence-electron chi connectivity index (χ3n) is 4.21. The molecule has 1 fully saturated rings. The molecule has 0 aliphatic heterocycles. The molecule has 15 heavy (non-hydrogen) atoms. The molecule has 0 amide bonds. The quantitative estimate of drug-likeness (QED) is 0.594. The second kappa shape index (κ2) is 3.15. The van der Waals surface area contributed by atoms with Crippen LogP contribution in [0.2, 0.25) is 0 Å². The van der Waals surface area contributed by atoms with Crippen LogP contribution in [-0.4, -0.2) is 4.86 Å². The van der Waals surface area contributed by atoms with E-state index in [-0.39, 0.29) is 0 Å². The van der Waals surface area contributed by atoms with E-state index in [1.165, 1.54) is 53.7 Å². The highest BCUT2D eigenvalue weighted by atomic mass is 32.1. The first-order valence-electron chi connectivity index (χ1n) is 5.86. The molecule has 0 atom stereocenters. The van der Waals surface area contributed by atoms with E-state index in [4.69, 9.17) is 12.2 Å². The summed E-state index contributed by atoms with van der Waals surface area (Å²) in [7, 11) is 0. The molecular formula is C14H16S. The van der Waals surface area contributed by atoms with Crippen LogP contribution in [0, 0.1) is 12.3 Å². The Balaban J connectivity index is 2.12. The largest absolute Gasteiger partial charge is 0.0836 e. The molecular weight excluding hydrogens is 200 g/mol. The van der Waals surface area contributed by atoms with Gasteiger partial charge in [-0.1, -0.05) is 43.3 Å². The van der Waals surface area contributed by atoms with Gasteiger partial charge in [0.25, 0.3) is 0 Å². The van der Waals surface area contributed by atoms with Gasteiger partial charge in [-0.3, -0.25) is 0 Å². The maximum atomic E-state index is 5.71. The van der Waals surface area contributed by atoms with Crippen LogP contribution in [-0.2, 0) is 6.42 Å². The lowest BCUT2D eigenvalue weighted by molar-refractivity contribution is 0.453. The number of hydrogen-bond donors (Lipinski definition) is 0.